The van der Waals surface area contributed by atoms with Crippen molar-refractivity contribution in [2.75, 3.05) is 30.9 Å². The predicted molar refractivity (Wildman–Crippen MR) is 79.8 cm³/mol. The van der Waals surface area contributed by atoms with Crippen LogP contribution >= 0.6 is 0 Å². The van der Waals surface area contributed by atoms with Gasteiger partial charge in [-0.3, -0.25) is 0 Å². The summed E-state index contributed by atoms with van der Waals surface area (Å²) in [6.07, 6.45) is 3.65. The summed E-state index contributed by atoms with van der Waals surface area (Å²) in [6, 6.07) is 8.33. The number of rotatable bonds is 5. The number of nitrogens with one attached hydrogen (secondary N) is 1. The molecule has 1 aliphatic rings. The van der Waals surface area contributed by atoms with Crippen molar-refractivity contribution in [3.05, 3.63) is 29.8 Å². The van der Waals surface area contributed by atoms with Crippen LogP contribution in [0.1, 0.15) is 18.4 Å². The molecule has 0 spiro atoms. The fraction of sp³-hybridized carbons (Fsp3) is 0.571. The van der Waals surface area contributed by atoms with Gasteiger partial charge in [0, 0.05) is 12.7 Å². The Morgan fingerprint density at radius 2 is 1.95 bits per heavy atom. The van der Waals surface area contributed by atoms with Crippen molar-refractivity contribution in [1.29, 1.82) is 0 Å². The topological polar surface area (TPSA) is 52.6 Å². The lowest BCUT2D eigenvalue weighted by Crippen LogP contribution is -2.28. The maximum Gasteiger partial charge on any atom is 0.173 e. The highest BCUT2D eigenvalue weighted by Crippen LogP contribution is 2.20. The van der Waals surface area contributed by atoms with Gasteiger partial charge >= 0.3 is 0 Å². The zero-order valence-corrected chi connectivity index (χ0v) is 12.2. The maximum atomic E-state index is 10.8. The van der Waals surface area contributed by atoms with E-state index in [1.807, 2.05) is 19.2 Å². The van der Waals surface area contributed by atoms with Crippen LogP contribution < -0.4 is 10.2 Å². The molecule has 5 heteroatoms. The molecule has 0 radical (unpaired) electrons. The van der Waals surface area contributed by atoms with Gasteiger partial charge in [0.05, 0.1) is 0 Å². The van der Waals surface area contributed by atoms with Crippen molar-refractivity contribution in [3.8, 4) is 0 Å². The second-order valence-electron chi connectivity index (χ2n) is 5.21. The zero-order chi connectivity index (χ0) is 13.7. The van der Waals surface area contributed by atoms with Crippen molar-refractivity contribution in [3.63, 3.8) is 0 Å². The highest BCUT2D eigenvalue weighted by Gasteiger charge is 2.13. The fourth-order valence-electron chi connectivity index (χ4n) is 2.55. The van der Waals surface area contributed by atoms with E-state index >= 15 is 0 Å². The molecule has 1 saturated heterocycles. The van der Waals surface area contributed by atoms with Crippen LogP contribution in [0.2, 0.25) is 0 Å². The summed E-state index contributed by atoms with van der Waals surface area (Å²) >= 11 is -1.79. The minimum atomic E-state index is -1.79. The summed E-state index contributed by atoms with van der Waals surface area (Å²) < 4.78 is 19.7. The van der Waals surface area contributed by atoms with E-state index in [0.29, 0.717) is 0 Å². The number of anilines is 1. The Labute approximate surface area is 117 Å². The molecule has 1 atom stereocenters. The van der Waals surface area contributed by atoms with Crippen molar-refractivity contribution in [2.24, 2.45) is 5.92 Å². The van der Waals surface area contributed by atoms with Crippen molar-refractivity contribution < 1.29 is 8.76 Å². The highest BCUT2D eigenvalue weighted by molar-refractivity contribution is 7.79. The van der Waals surface area contributed by atoms with E-state index in [4.69, 9.17) is 4.55 Å². The number of hydrogen-bond donors (Lipinski definition) is 2. The predicted octanol–water partition coefficient (Wildman–Crippen LogP) is 1.84. The average molecular weight is 282 g/mol. The molecule has 1 unspecified atom stereocenters. The van der Waals surface area contributed by atoms with E-state index in [-0.39, 0.29) is 5.88 Å². The molecule has 1 heterocycles. The van der Waals surface area contributed by atoms with Gasteiger partial charge in [-0.25, -0.2) is 4.21 Å². The molecule has 2 rings (SSSR count). The van der Waals surface area contributed by atoms with E-state index in [9.17, 15) is 4.21 Å². The Morgan fingerprint density at radius 1 is 1.32 bits per heavy atom. The van der Waals surface area contributed by atoms with Crippen LogP contribution in [0, 0.1) is 5.92 Å². The lowest BCUT2D eigenvalue weighted by molar-refractivity contribution is 0.372. The second kappa shape index (κ2) is 7.03. The molecule has 0 bridgehead atoms. The second-order valence-corrected chi connectivity index (χ2v) is 6.11. The van der Waals surface area contributed by atoms with Crippen LogP contribution in [0.3, 0.4) is 0 Å². The third kappa shape index (κ3) is 4.60. The van der Waals surface area contributed by atoms with E-state index < -0.39 is 11.1 Å². The van der Waals surface area contributed by atoms with Gasteiger partial charge in [0.2, 0.25) is 0 Å². The molecule has 0 aromatic heterocycles. The number of piperidine rings is 1. The molecule has 4 nitrogen and oxygen atoms in total. The summed E-state index contributed by atoms with van der Waals surface area (Å²) in [5, 5.41) is 3.38. The molecule has 106 valence electrons. The molecular formula is C14H22N2O2S. The third-order valence-electron chi connectivity index (χ3n) is 3.66. The van der Waals surface area contributed by atoms with E-state index in [2.05, 4.69) is 17.4 Å². The summed E-state index contributed by atoms with van der Waals surface area (Å²) in [4.78, 5) is 1.80. The van der Waals surface area contributed by atoms with E-state index in [0.717, 1.165) is 31.1 Å². The number of hydrogen-bond acceptors (Lipinski definition) is 3. The normalized spacial score (nSPS) is 18.2. The lowest BCUT2D eigenvalue weighted by atomic mass is 9.91. The third-order valence-corrected chi connectivity index (χ3v) is 4.27. The van der Waals surface area contributed by atoms with E-state index in [1.54, 1.807) is 4.90 Å². The van der Waals surface area contributed by atoms with Gasteiger partial charge in [-0.1, -0.05) is 12.1 Å². The Morgan fingerprint density at radius 3 is 2.53 bits per heavy atom. The van der Waals surface area contributed by atoms with Gasteiger partial charge < -0.3 is 14.8 Å². The number of nitrogens with zero attached hydrogens (tertiary/aromatic N) is 1. The van der Waals surface area contributed by atoms with Gasteiger partial charge in [0.1, 0.15) is 5.88 Å². The molecule has 2 N–H and O–H groups in total. The molecule has 1 aliphatic heterocycles. The van der Waals surface area contributed by atoms with Crippen molar-refractivity contribution in [1.82, 2.24) is 5.32 Å². The smallest absolute Gasteiger partial charge is 0.173 e. The largest absolute Gasteiger partial charge is 0.361 e. The molecule has 1 fully saturated rings. The van der Waals surface area contributed by atoms with Crippen molar-refractivity contribution >= 4 is 16.8 Å². The first kappa shape index (κ1) is 14.5. The minimum absolute atomic E-state index is 0.146. The Kier molecular flexibility index (Phi) is 5.36. The monoisotopic (exact) mass is 282 g/mol. The Balaban J connectivity index is 1.92. The lowest BCUT2D eigenvalue weighted by Gasteiger charge is -2.23. The highest BCUT2D eigenvalue weighted by atomic mass is 32.2. The first-order chi connectivity index (χ1) is 9.15. The van der Waals surface area contributed by atoms with Crippen LogP contribution in [0.15, 0.2) is 24.3 Å². The molecular weight excluding hydrogens is 260 g/mol. The van der Waals surface area contributed by atoms with Crippen molar-refractivity contribution in [2.45, 2.75) is 19.3 Å². The minimum Gasteiger partial charge on any atom is -0.361 e. The SMILES string of the molecule is CN(CS(=O)O)c1ccc(CC2CCNCC2)cc1. The van der Waals surface area contributed by atoms with Crippen LogP contribution in [-0.4, -0.2) is 34.8 Å². The first-order valence-electron chi connectivity index (χ1n) is 6.73. The summed E-state index contributed by atoms with van der Waals surface area (Å²) in [7, 11) is 1.83. The Hall–Kier alpha value is -0.910. The molecule has 0 aliphatic carbocycles. The van der Waals surface area contributed by atoms with Gasteiger partial charge in [-0.05, 0) is 56.0 Å². The van der Waals surface area contributed by atoms with Crippen LogP contribution in [0.25, 0.3) is 0 Å². The molecule has 1 aromatic rings. The Bertz CT molecular complexity index is 416. The zero-order valence-electron chi connectivity index (χ0n) is 11.3. The fourth-order valence-corrected chi connectivity index (χ4v) is 3.03. The standard InChI is InChI=1S/C14H22N2O2S/c1-16(11-19(17)18)14-4-2-12(3-5-14)10-13-6-8-15-9-7-13/h2-5,13,15H,6-11H2,1H3,(H,17,18). The first-order valence-corrected chi connectivity index (χ1v) is 8.01. The molecule has 0 amide bonds. The summed E-state index contributed by atoms with van der Waals surface area (Å²) in [5.41, 5.74) is 2.34. The van der Waals surface area contributed by atoms with Gasteiger partial charge in [-0.15, -0.1) is 0 Å². The van der Waals surface area contributed by atoms with Gasteiger partial charge in [0.15, 0.2) is 11.1 Å². The van der Waals surface area contributed by atoms with Crippen LogP contribution in [-0.2, 0) is 17.5 Å². The van der Waals surface area contributed by atoms with E-state index in [1.165, 1.54) is 18.4 Å². The van der Waals surface area contributed by atoms with Crippen LogP contribution in [0.5, 0.6) is 0 Å². The van der Waals surface area contributed by atoms with Gasteiger partial charge in [0.25, 0.3) is 0 Å². The summed E-state index contributed by atoms with van der Waals surface area (Å²) in [6.45, 7) is 2.27. The molecule has 0 saturated carbocycles. The quantitative estimate of drug-likeness (QED) is 0.809. The molecule has 1 aromatic carbocycles. The number of benzene rings is 1. The summed E-state index contributed by atoms with van der Waals surface area (Å²) in [5.74, 6) is 0.933. The maximum absolute atomic E-state index is 10.8. The average Bonchev–Trinajstić information content (AvgIpc) is 2.40. The van der Waals surface area contributed by atoms with Gasteiger partial charge in [-0.2, -0.15) is 0 Å². The molecule has 19 heavy (non-hydrogen) atoms. The van der Waals surface area contributed by atoms with Crippen LogP contribution in [0.4, 0.5) is 5.69 Å².